The van der Waals surface area contributed by atoms with E-state index in [-0.39, 0.29) is 6.10 Å². The predicted molar refractivity (Wildman–Crippen MR) is 98.7 cm³/mol. The molecule has 22 heavy (non-hydrogen) atoms. The standard InChI is InChI=1S/C16H32N2.C3H8O/c1-2-3-4-5-6-7-8-9-10-11-12-13-16-17-14-15-18-16;1-3(2)4/h2-15H2,1H3,(H,17,18);3-4H,1-2H3. The van der Waals surface area contributed by atoms with E-state index < -0.39 is 0 Å². The molecule has 0 amide bonds. The van der Waals surface area contributed by atoms with Crippen molar-refractivity contribution >= 4 is 5.84 Å². The molecule has 1 aliphatic heterocycles. The topological polar surface area (TPSA) is 44.6 Å². The molecule has 1 heterocycles. The van der Waals surface area contributed by atoms with Gasteiger partial charge in [-0.1, -0.05) is 71.1 Å². The molecule has 3 heteroatoms. The van der Waals surface area contributed by atoms with Crippen molar-refractivity contribution < 1.29 is 5.11 Å². The van der Waals surface area contributed by atoms with Gasteiger partial charge in [0, 0.05) is 19.1 Å². The minimum atomic E-state index is -0.167. The summed E-state index contributed by atoms with van der Waals surface area (Å²) in [5, 5.41) is 11.4. The van der Waals surface area contributed by atoms with Gasteiger partial charge in [-0.15, -0.1) is 0 Å². The van der Waals surface area contributed by atoms with Crippen LogP contribution >= 0.6 is 0 Å². The van der Waals surface area contributed by atoms with E-state index in [0.29, 0.717) is 0 Å². The Labute approximate surface area is 139 Å². The van der Waals surface area contributed by atoms with Crippen LogP contribution in [0, 0.1) is 0 Å². The molecule has 1 rings (SSSR count). The van der Waals surface area contributed by atoms with Gasteiger partial charge in [-0.05, 0) is 20.3 Å². The van der Waals surface area contributed by atoms with Crippen LogP contribution in [0.15, 0.2) is 4.99 Å². The molecule has 0 atom stereocenters. The van der Waals surface area contributed by atoms with E-state index in [0.717, 1.165) is 13.1 Å². The maximum absolute atomic E-state index is 8.06. The number of amidine groups is 1. The number of rotatable bonds is 12. The van der Waals surface area contributed by atoms with Gasteiger partial charge >= 0.3 is 0 Å². The highest BCUT2D eigenvalue weighted by molar-refractivity contribution is 5.83. The Balaban J connectivity index is 0.000000980. The summed E-state index contributed by atoms with van der Waals surface area (Å²) in [4.78, 5) is 4.42. The molecule has 0 bridgehead atoms. The molecule has 0 aromatic rings. The fourth-order valence-electron chi connectivity index (χ4n) is 2.57. The van der Waals surface area contributed by atoms with Crippen molar-refractivity contribution in [1.29, 1.82) is 0 Å². The summed E-state index contributed by atoms with van der Waals surface area (Å²) in [5.41, 5.74) is 0. The Morgan fingerprint density at radius 3 is 1.77 bits per heavy atom. The van der Waals surface area contributed by atoms with Crippen LogP contribution in [0.1, 0.15) is 97.8 Å². The zero-order valence-electron chi connectivity index (χ0n) is 15.4. The molecule has 0 aromatic carbocycles. The largest absolute Gasteiger partial charge is 0.394 e. The zero-order chi connectivity index (χ0) is 16.5. The van der Waals surface area contributed by atoms with E-state index in [1.165, 1.54) is 82.9 Å². The van der Waals surface area contributed by atoms with E-state index in [1.54, 1.807) is 13.8 Å². The number of nitrogens with one attached hydrogen (secondary N) is 1. The van der Waals surface area contributed by atoms with Crippen molar-refractivity contribution in [3.05, 3.63) is 0 Å². The molecule has 0 spiro atoms. The molecule has 0 saturated carbocycles. The van der Waals surface area contributed by atoms with Crippen LogP contribution in [0.2, 0.25) is 0 Å². The maximum atomic E-state index is 8.06. The smallest absolute Gasteiger partial charge is 0.0964 e. The summed E-state index contributed by atoms with van der Waals surface area (Å²) in [6, 6.07) is 0. The number of nitrogens with zero attached hydrogens (tertiary/aromatic N) is 1. The number of aliphatic imine (C=N–C) groups is 1. The van der Waals surface area contributed by atoms with Crippen LogP contribution in [-0.4, -0.2) is 30.1 Å². The van der Waals surface area contributed by atoms with E-state index in [1.807, 2.05) is 0 Å². The zero-order valence-corrected chi connectivity index (χ0v) is 15.4. The van der Waals surface area contributed by atoms with Gasteiger partial charge in [-0.3, -0.25) is 4.99 Å². The lowest BCUT2D eigenvalue weighted by Crippen LogP contribution is -2.17. The van der Waals surface area contributed by atoms with Crippen LogP contribution < -0.4 is 5.32 Å². The second-order valence-corrected chi connectivity index (χ2v) is 6.63. The molecule has 0 radical (unpaired) electrons. The summed E-state index contributed by atoms with van der Waals surface area (Å²) in [7, 11) is 0. The minimum absolute atomic E-state index is 0.167. The van der Waals surface area contributed by atoms with Gasteiger partial charge in [0.15, 0.2) is 0 Å². The third-order valence-corrected chi connectivity index (χ3v) is 3.76. The number of hydrogen-bond donors (Lipinski definition) is 2. The fraction of sp³-hybridized carbons (Fsp3) is 0.947. The summed E-state index contributed by atoms with van der Waals surface area (Å²) in [5.74, 6) is 1.26. The van der Waals surface area contributed by atoms with Crippen molar-refractivity contribution in [3.8, 4) is 0 Å². The first-order valence-corrected chi connectivity index (χ1v) is 9.62. The summed E-state index contributed by atoms with van der Waals surface area (Å²) < 4.78 is 0. The highest BCUT2D eigenvalue weighted by Crippen LogP contribution is 2.12. The Hall–Kier alpha value is -0.570. The predicted octanol–water partition coefficient (Wildman–Crippen LogP) is 5.08. The average Bonchev–Trinajstić information content (AvgIpc) is 2.97. The van der Waals surface area contributed by atoms with Crippen molar-refractivity contribution in [2.24, 2.45) is 4.99 Å². The van der Waals surface area contributed by atoms with Gasteiger partial charge in [0.25, 0.3) is 0 Å². The van der Waals surface area contributed by atoms with Gasteiger partial charge in [0.1, 0.15) is 0 Å². The summed E-state index contributed by atoms with van der Waals surface area (Å²) in [6.07, 6.45) is 16.6. The highest BCUT2D eigenvalue weighted by atomic mass is 16.3. The third kappa shape index (κ3) is 17.5. The first-order valence-electron chi connectivity index (χ1n) is 9.62. The first-order chi connectivity index (χ1) is 10.7. The van der Waals surface area contributed by atoms with E-state index in [2.05, 4.69) is 17.2 Å². The number of unbranched alkanes of at least 4 members (excludes halogenated alkanes) is 10. The number of aliphatic hydroxyl groups is 1. The van der Waals surface area contributed by atoms with E-state index in [9.17, 15) is 0 Å². The Morgan fingerprint density at radius 2 is 1.36 bits per heavy atom. The molecule has 1 aliphatic rings. The van der Waals surface area contributed by atoms with Crippen molar-refractivity contribution in [2.75, 3.05) is 13.1 Å². The van der Waals surface area contributed by atoms with Crippen molar-refractivity contribution in [2.45, 2.75) is 104 Å². The van der Waals surface area contributed by atoms with Crippen LogP contribution in [0.4, 0.5) is 0 Å². The van der Waals surface area contributed by atoms with Crippen molar-refractivity contribution in [3.63, 3.8) is 0 Å². The molecular weight excluding hydrogens is 272 g/mol. The second kappa shape index (κ2) is 16.8. The van der Waals surface area contributed by atoms with E-state index in [4.69, 9.17) is 5.11 Å². The maximum Gasteiger partial charge on any atom is 0.0964 e. The lowest BCUT2D eigenvalue weighted by molar-refractivity contribution is 0.216. The molecule has 0 saturated heterocycles. The van der Waals surface area contributed by atoms with Gasteiger partial charge in [0.2, 0.25) is 0 Å². The van der Waals surface area contributed by atoms with Gasteiger partial charge in [-0.2, -0.15) is 0 Å². The molecule has 3 nitrogen and oxygen atoms in total. The van der Waals surface area contributed by atoms with Crippen molar-refractivity contribution in [1.82, 2.24) is 5.32 Å². The molecule has 0 aliphatic carbocycles. The second-order valence-electron chi connectivity index (χ2n) is 6.63. The lowest BCUT2D eigenvalue weighted by atomic mass is 10.1. The highest BCUT2D eigenvalue weighted by Gasteiger charge is 2.03. The van der Waals surface area contributed by atoms with Crippen LogP contribution in [0.3, 0.4) is 0 Å². The Bertz CT molecular complexity index is 249. The van der Waals surface area contributed by atoms with E-state index >= 15 is 0 Å². The minimum Gasteiger partial charge on any atom is -0.394 e. The molecule has 0 fully saturated rings. The van der Waals surface area contributed by atoms with Gasteiger partial charge < -0.3 is 10.4 Å². The van der Waals surface area contributed by atoms with Gasteiger partial charge in [0.05, 0.1) is 12.4 Å². The Morgan fingerprint density at radius 1 is 0.909 bits per heavy atom. The number of hydrogen-bond acceptors (Lipinski definition) is 3. The molecule has 0 unspecified atom stereocenters. The first kappa shape index (κ1) is 21.4. The summed E-state index contributed by atoms with van der Waals surface area (Å²) in [6.45, 7) is 7.79. The Kier molecular flexibility index (Phi) is 16.4. The fourth-order valence-corrected chi connectivity index (χ4v) is 2.57. The lowest BCUT2D eigenvalue weighted by Gasteiger charge is -2.03. The number of aliphatic hydroxyl groups excluding tert-OH is 1. The normalized spacial score (nSPS) is 13.6. The quantitative estimate of drug-likeness (QED) is 0.494. The molecular formula is C19H40N2O. The molecule has 2 N–H and O–H groups in total. The molecule has 132 valence electrons. The van der Waals surface area contributed by atoms with Crippen LogP contribution in [-0.2, 0) is 0 Å². The SMILES string of the molecule is CC(C)O.CCCCCCCCCCCCCC1=NCCN1. The summed E-state index contributed by atoms with van der Waals surface area (Å²) >= 11 is 0. The monoisotopic (exact) mass is 312 g/mol. The average molecular weight is 313 g/mol. The third-order valence-electron chi connectivity index (χ3n) is 3.76. The molecule has 0 aromatic heterocycles. The van der Waals surface area contributed by atoms with Crippen LogP contribution in [0.25, 0.3) is 0 Å². The van der Waals surface area contributed by atoms with Gasteiger partial charge in [-0.25, -0.2) is 0 Å². The van der Waals surface area contributed by atoms with Crippen LogP contribution in [0.5, 0.6) is 0 Å².